The molecule has 1 aromatic carbocycles. The SMILES string of the molecule is CCCNC(Cc1ccc(Cl)c(Cl)c1)Cc1sccc1Br. The number of rotatable bonds is 7. The molecule has 0 amide bonds. The second kappa shape index (κ2) is 8.54. The van der Waals surface area contributed by atoms with E-state index in [0.717, 1.165) is 25.8 Å². The zero-order valence-electron chi connectivity index (χ0n) is 11.8. The van der Waals surface area contributed by atoms with Gasteiger partial charge in [-0.1, -0.05) is 36.2 Å². The zero-order chi connectivity index (χ0) is 15.2. The molecule has 2 aromatic rings. The van der Waals surface area contributed by atoms with Gasteiger partial charge in [0.1, 0.15) is 0 Å². The van der Waals surface area contributed by atoms with Crippen molar-refractivity contribution in [2.45, 2.75) is 32.2 Å². The van der Waals surface area contributed by atoms with Gasteiger partial charge in [0, 0.05) is 15.4 Å². The van der Waals surface area contributed by atoms with Gasteiger partial charge in [-0.2, -0.15) is 0 Å². The minimum atomic E-state index is 0.400. The molecule has 0 radical (unpaired) electrons. The number of hydrogen-bond acceptors (Lipinski definition) is 2. The fraction of sp³-hybridized carbons (Fsp3) is 0.375. The first kappa shape index (κ1) is 17.3. The van der Waals surface area contributed by atoms with Crippen LogP contribution in [0.4, 0.5) is 0 Å². The summed E-state index contributed by atoms with van der Waals surface area (Å²) >= 11 is 17.5. The van der Waals surface area contributed by atoms with Crippen LogP contribution >= 0.6 is 50.5 Å². The van der Waals surface area contributed by atoms with Crippen LogP contribution in [-0.4, -0.2) is 12.6 Å². The van der Waals surface area contributed by atoms with E-state index < -0.39 is 0 Å². The zero-order valence-corrected chi connectivity index (χ0v) is 15.7. The molecule has 0 spiro atoms. The number of halogens is 3. The highest BCUT2D eigenvalue weighted by atomic mass is 79.9. The summed E-state index contributed by atoms with van der Waals surface area (Å²) in [6.45, 7) is 3.21. The van der Waals surface area contributed by atoms with Crippen LogP contribution in [0.3, 0.4) is 0 Å². The van der Waals surface area contributed by atoms with Crippen LogP contribution in [0.5, 0.6) is 0 Å². The third-order valence-corrected chi connectivity index (χ3v) is 5.96. The average Bonchev–Trinajstić information content (AvgIpc) is 2.85. The largest absolute Gasteiger partial charge is 0.313 e. The Balaban J connectivity index is 2.08. The molecule has 1 nitrogen and oxygen atoms in total. The van der Waals surface area contributed by atoms with Crippen molar-refractivity contribution >= 4 is 50.5 Å². The summed E-state index contributed by atoms with van der Waals surface area (Å²) in [5, 5.41) is 6.98. The highest BCUT2D eigenvalue weighted by Gasteiger charge is 2.13. The van der Waals surface area contributed by atoms with Gasteiger partial charge in [-0.25, -0.2) is 0 Å². The maximum absolute atomic E-state index is 6.11. The third kappa shape index (κ3) is 5.26. The molecule has 5 heteroatoms. The molecule has 1 unspecified atom stereocenters. The van der Waals surface area contributed by atoms with E-state index in [1.807, 2.05) is 12.1 Å². The van der Waals surface area contributed by atoms with Crippen molar-refractivity contribution in [3.8, 4) is 0 Å². The fourth-order valence-electron chi connectivity index (χ4n) is 2.21. The van der Waals surface area contributed by atoms with Crippen LogP contribution in [0.25, 0.3) is 0 Å². The van der Waals surface area contributed by atoms with Crippen molar-refractivity contribution < 1.29 is 0 Å². The van der Waals surface area contributed by atoms with E-state index in [1.54, 1.807) is 11.3 Å². The van der Waals surface area contributed by atoms with Crippen LogP contribution < -0.4 is 5.32 Å². The molecule has 0 aliphatic rings. The molecule has 1 atom stereocenters. The number of hydrogen-bond donors (Lipinski definition) is 1. The Hall–Kier alpha value is -0.0600. The molecule has 114 valence electrons. The van der Waals surface area contributed by atoms with E-state index in [1.165, 1.54) is 14.9 Å². The van der Waals surface area contributed by atoms with Gasteiger partial charge in [0.25, 0.3) is 0 Å². The predicted octanol–water partition coefficient (Wildman–Crippen LogP) is 5.97. The molecule has 2 rings (SSSR count). The number of thiophene rings is 1. The summed E-state index contributed by atoms with van der Waals surface area (Å²) in [6.07, 6.45) is 3.09. The molecule has 0 aliphatic carbocycles. The molecule has 1 N–H and O–H groups in total. The van der Waals surface area contributed by atoms with E-state index in [0.29, 0.717) is 16.1 Å². The van der Waals surface area contributed by atoms with Gasteiger partial charge in [0.2, 0.25) is 0 Å². The van der Waals surface area contributed by atoms with Crippen molar-refractivity contribution in [3.63, 3.8) is 0 Å². The third-order valence-electron chi connectivity index (χ3n) is 3.27. The van der Waals surface area contributed by atoms with Crippen LogP contribution in [0.2, 0.25) is 10.0 Å². The summed E-state index contributed by atoms with van der Waals surface area (Å²) in [4.78, 5) is 1.38. The Morgan fingerprint density at radius 3 is 2.62 bits per heavy atom. The Bertz CT molecular complexity index is 585. The first-order valence-electron chi connectivity index (χ1n) is 6.99. The van der Waals surface area contributed by atoms with Crippen molar-refractivity contribution in [2.24, 2.45) is 0 Å². The number of nitrogens with one attached hydrogen (secondary N) is 1. The van der Waals surface area contributed by atoms with Crippen LogP contribution in [0.15, 0.2) is 34.1 Å². The molecule has 0 saturated heterocycles. The summed E-state index contributed by atoms with van der Waals surface area (Å²) in [5.41, 5.74) is 1.21. The molecular weight excluding hydrogens is 389 g/mol. The van der Waals surface area contributed by atoms with Gasteiger partial charge in [0.05, 0.1) is 10.0 Å². The van der Waals surface area contributed by atoms with E-state index in [4.69, 9.17) is 23.2 Å². The van der Waals surface area contributed by atoms with Crippen LogP contribution in [0, 0.1) is 0 Å². The Labute approximate surface area is 148 Å². The summed E-state index contributed by atoms with van der Waals surface area (Å²) < 4.78 is 1.20. The standard InChI is InChI=1S/C16H18BrCl2NS/c1-2-6-20-12(10-16-13(17)5-7-21-16)8-11-3-4-14(18)15(19)9-11/h3-5,7,9,12,20H,2,6,8,10H2,1H3. The van der Waals surface area contributed by atoms with E-state index in [-0.39, 0.29) is 0 Å². The molecule has 1 aromatic heterocycles. The molecule has 0 aliphatic heterocycles. The monoisotopic (exact) mass is 405 g/mol. The van der Waals surface area contributed by atoms with Gasteiger partial charge in [-0.05, 0) is 70.9 Å². The molecule has 21 heavy (non-hydrogen) atoms. The lowest BCUT2D eigenvalue weighted by molar-refractivity contribution is 0.507. The second-order valence-corrected chi connectivity index (χ2v) is 7.67. The van der Waals surface area contributed by atoms with Crippen LogP contribution in [-0.2, 0) is 12.8 Å². The molecule has 0 bridgehead atoms. The minimum Gasteiger partial charge on any atom is -0.313 e. The lowest BCUT2D eigenvalue weighted by Crippen LogP contribution is -2.33. The Morgan fingerprint density at radius 1 is 1.19 bits per heavy atom. The van der Waals surface area contributed by atoms with Gasteiger partial charge >= 0.3 is 0 Å². The Kier molecular flexibility index (Phi) is 7.03. The van der Waals surface area contributed by atoms with E-state index in [2.05, 4.69) is 45.7 Å². The highest BCUT2D eigenvalue weighted by molar-refractivity contribution is 9.10. The van der Waals surface area contributed by atoms with Gasteiger partial charge < -0.3 is 5.32 Å². The Morgan fingerprint density at radius 2 is 2.00 bits per heavy atom. The van der Waals surface area contributed by atoms with Crippen LogP contribution in [0.1, 0.15) is 23.8 Å². The first-order valence-corrected chi connectivity index (χ1v) is 9.42. The van der Waals surface area contributed by atoms with Crippen molar-refractivity contribution in [3.05, 3.63) is 54.6 Å². The van der Waals surface area contributed by atoms with Gasteiger partial charge in [-0.15, -0.1) is 11.3 Å². The maximum Gasteiger partial charge on any atom is 0.0595 e. The molecular formula is C16H18BrCl2NS. The normalized spacial score (nSPS) is 12.6. The summed E-state index contributed by atoms with van der Waals surface area (Å²) in [5.74, 6) is 0. The van der Waals surface area contributed by atoms with Gasteiger partial charge in [0.15, 0.2) is 0 Å². The molecule has 0 saturated carbocycles. The predicted molar refractivity (Wildman–Crippen MR) is 98.0 cm³/mol. The van der Waals surface area contributed by atoms with E-state index in [9.17, 15) is 0 Å². The van der Waals surface area contributed by atoms with Crippen molar-refractivity contribution in [1.29, 1.82) is 0 Å². The lowest BCUT2D eigenvalue weighted by atomic mass is 10.0. The first-order chi connectivity index (χ1) is 10.1. The minimum absolute atomic E-state index is 0.400. The van der Waals surface area contributed by atoms with Crippen molar-refractivity contribution in [2.75, 3.05) is 6.54 Å². The van der Waals surface area contributed by atoms with Gasteiger partial charge in [-0.3, -0.25) is 0 Å². The number of benzene rings is 1. The molecule has 1 heterocycles. The smallest absolute Gasteiger partial charge is 0.0595 e. The van der Waals surface area contributed by atoms with Crippen molar-refractivity contribution in [1.82, 2.24) is 5.32 Å². The maximum atomic E-state index is 6.11. The fourth-order valence-corrected chi connectivity index (χ4v) is 4.13. The highest BCUT2D eigenvalue weighted by Crippen LogP contribution is 2.26. The topological polar surface area (TPSA) is 12.0 Å². The quantitative estimate of drug-likeness (QED) is 0.596. The summed E-state index contributed by atoms with van der Waals surface area (Å²) in [6, 6.07) is 8.40. The van der Waals surface area contributed by atoms with E-state index >= 15 is 0 Å². The second-order valence-electron chi connectivity index (χ2n) is 5.00. The molecule has 0 fully saturated rings. The lowest BCUT2D eigenvalue weighted by Gasteiger charge is -2.18. The average molecular weight is 407 g/mol. The summed E-state index contributed by atoms with van der Waals surface area (Å²) in [7, 11) is 0.